The molecule has 31 heavy (non-hydrogen) atoms. The molecule has 156 valence electrons. The van der Waals surface area contributed by atoms with Crippen LogP contribution < -0.4 is 14.9 Å². The highest BCUT2D eigenvalue weighted by Gasteiger charge is 2.13. The smallest absolute Gasteiger partial charge is 0.307 e. The molecule has 0 spiro atoms. The Morgan fingerprint density at radius 1 is 1.06 bits per heavy atom. The molecule has 0 atom stereocenters. The van der Waals surface area contributed by atoms with Crippen molar-refractivity contribution in [2.24, 2.45) is 5.10 Å². The normalized spacial score (nSPS) is 11.1. The van der Waals surface area contributed by atoms with E-state index in [1.807, 2.05) is 49.4 Å². The zero-order valence-corrected chi connectivity index (χ0v) is 17.1. The summed E-state index contributed by atoms with van der Waals surface area (Å²) in [5.41, 5.74) is 3.92. The third-order valence-electron chi connectivity index (χ3n) is 4.65. The van der Waals surface area contributed by atoms with Crippen LogP contribution in [0.4, 0.5) is 0 Å². The van der Waals surface area contributed by atoms with Crippen molar-refractivity contribution in [3.8, 4) is 11.5 Å². The fourth-order valence-electron chi connectivity index (χ4n) is 3.27. The molecule has 3 aromatic carbocycles. The minimum atomic E-state index is -0.424. The molecule has 4 rings (SSSR count). The van der Waals surface area contributed by atoms with Crippen molar-refractivity contribution >= 4 is 33.9 Å². The average Bonchev–Trinajstić information content (AvgIpc) is 3.24. The average molecular weight is 414 g/mol. The van der Waals surface area contributed by atoms with Gasteiger partial charge < -0.3 is 13.9 Å². The molecule has 0 bridgehead atoms. The molecule has 0 unspecified atom stereocenters. The van der Waals surface area contributed by atoms with Gasteiger partial charge in [0.15, 0.2) is 17.3 Å². The van der Waals surface area contributed by atoms with Gasteiger partial charge in [0.25, 0.3) is 0 Å². The number of benzene rings is 3. The van der Waals surface area contributed by atoms with Gasteiger partial charge in [-0.2, -0.15) is 5.10 Å². The van der Waals surface area contributed by atoms with E-state index in [4.69, 9.17) is 13.9 Å². The van der Waals surface area contributed by atoms with Crippen LogP contribution in [0, 0.1) is 0 Å². The Morgan fingerprint density at radius 2 is 1.94 bits per heavy atom. The number of carbonyl (C=O) groups excluding carboxylic acids is 1. The molecular weight excluding hydrogens is 392 g/mol. The van der Waals surface area contributed by atoms with E-state index >= 15 is 0 Å². The van der Waals surface area contributed by atoms with Crippen molar-refractivity contribution < 1.29 is 18.7 Å². The number of hydrazone groups is 1. The molecule has 1 aromatic heterocycles. The van der Waals surface area contributed by atoms with E-state index in [9.17, 15) is 4.79 Å². The van der Waals surface area contributed by atoms with Gasteiger partial charge >= 0.3 is 5.91 Å². The minimum Gasteiger partial charge on any atom is -0.490 e. The van der Waals surface area contributed by atoms with E-state index < -0.39 is 5.91 Å². The largest absolute Gasteiger partial charge is 0.490 e. The van der Waals surface area contributed by atoms with Crippen molar-refractivity contribution in [2.45, 2.75) is 6.92 Å². The molecule has 4 aromatic rings. The number of nitrogens with zero attached hydrogens (tertiary/aromatic N) is 1. The molecule has 0 radical (unpaired) electrons. The van der Waals surface area contributed by atoms with Crippen LogP contribution in [0.5, 0.6) is 11.5 Å². The maximum absolute atomic E-state index is 12.5. The first-order valence-electron chi connectivity index (χ1n) is 9.95. The summed E-state index contributed by atoms with van der Waals surface area (Å²) in [5, 5.41) is 7.06. The van der Waals surface area contributed by atoms with Crippen molar-refractivity contribution in [1.82, 2.24) is 5.43 Å². The predicted molar refractivity (Wildman–Crippen MR) is 122 cm³/mol. The quantitative estimate of drug-likeness (QED) is 0.241. The highest BCUT2D eigenvalue weighted by atomic mass is 16.5. The highest BCUT2D eigenvalue weighted by molar-refractivity contribution is 6.08. The monoisotopic (exact) mass is 414 g/mol. The Kier molecular flexibility index (Phi) is 5.98. The van der Waals surface area contributed by atoms with Crippen LogP contribution in [0.1, 0.15) is 23.0 Å². The van der Waals surface area contributed by atoms with Crippen LogP contribution in [0.2, 0.25) is 0 Å². The first-order valence-corrected chi connectivity index (χ1v) is 9.95. The number of rotatable bonds is 8. The summed E-state index contributed by atoms with van der Waals surface area (Å²) in [5.74, 6) is 1.00. The summed E-state index contributed by atoms with van der Waals surface area (Å²) in [6.45, 7) is 6.43. The number of amides is 1. The molecule has 0 saturated heterocycles. The fourth-order valence-corrected chi connectivity index (χ4v) is 3.27. The maximum atomic E-state index is 12.5. The second-order valence-electron chi connectivity index (χ2n) is 6.75. The minimum absolute atomic E-state index is 0.201. The fraction of sp³-hybridized carbons (Fsp3) is 0.120. The van der Waals surface area contributed by atoms with Gasteiger partial charge in [0.2, 0.25) is 0 Å². The predicted octanol–water partition coefficient (Wildman–Crippen LogP) is 5.31. The third-order valence-corrected chi connectivity index (χ3v) is 4.65. The lowest BCUT2D eigenvalue weighted by Crippen LogP contribution is -2.16. The molecule has 1 N–H and O–H groups in total. The van der Waals surface area contributed by atoms with E-state index in [0.717, 1.165) is 21.7 Å². The van der Waals surface area contributed by atoms with Gasteiger partial charge in [-0.05, 0) is 53.6 Å². The summed E-state index contributed by atoms with van der Waals surface area (Å²) in [6.07, 6.45) is 3.21. The summed E-state index contributed by atoms with van der Waals surface area (Å²) < 4.78 is 16.9. The molecule has 6 nitrogen and oxygen atoms in total. The van der Waals surface area contributed by atoms with Crippen LogP contribution in [-0.4, -0.2) is 25.3 Å². The lowest BCUT2D eigenvalue weighted by Gasteiger charge is -2.11. The Hall–Kier alpha value is -4.06. The van der Waals surface area contributed by atoms with Gasteiger partial charge in [0.05, 0.1) is 12.8 Å². The van der Waals surface area contributed by atoms with Gasteiger partial charge in [0.1, 0.15) is 12.2 Å². The third kappa shape index (κ3) is 4.43. The van der Waals surface area contributed by atoms with Gasteiger partial charge in [-0.15, -0.1) is 0 Å². The van der Waals surface area contributed by atoms with E-state index in [0.29, 0.717) is 30.3 Å². The number of nitrogens with one attached hydrogen (secondary N) is 1. The summed E-state index contributed by atoms with van der Waals surface area (Å²) in [6, 6.07) is 19.0. The van der Waals surface area contributed by atoms with Crippen molar-refractivity contribution in [3.05, 3.63) is 84.6 Å². The summed E-state index contributed by atoms with van der Waals surface area (Å²) >= 11 is 0. The number of ether oxygens (including phenoxy) is 2. The van der Waals surface area contributed by atoms with Crippen LogP contribution in [0.15, 0.2) is 82.8 Å². The van der Waals surface area contributed by atoms with Gasteiger partial charge in [-0.25, -0.2) is 5.43 Å². The first-order chi connectivity index (χ1) is 15.2. The molecule has 0 fully saturated rings. The SMILES string of the molecule is C=CCOc1ccc(/C=N/NC(=O)c2cc3c(ccc4ccccc43)o2)cc1OCC. The van der Waals surface area contributed by atoms with Crippen molar-refractivity contribution in [3.63, 3.8) is 0 Å². The Labute approximate surface area is 179 Å². The second-order valence-corrected chi connectivity index (χ2v) is 6.75. The van der Waals surface area contributed by atoms with Gasteiger partial charge in [-0.3, -0.25) is 4.79 Å². The highest BCUT2D eigenvalue weighted by Crippen LogP contribution is 2.29. The van der Waals surface area contributed by atoms with E-state index in [2.05, 4.69) is 17.1 Å². The van der Waals surface area contributed by atoms with Crippen LogP contribution in [-0.2, 0) is 0 Å². The first kappa shape index (κ1) is 20.2. The Balaban J connectivity index is 1.50. The van der Waals surface area contributed by atoms with Crippen LogP contribution >= 0.6 is 0 Å². The summed E-state index contributed by atoms with van der Waals surface area (Å²) in [4.78, 5) is 12.5. The Bertz CT molecular complexity index is 1270. The molecule has 0 aliphatic heterocycles. The van der Waals surface area contributed by atoms with E-state index in [-0.39, 0.29) is 5.76 Å². The van der Waals surface area contributed by atoms with Gasteiger partial charge in [-0.1, -0.05) is 43.0 Å². The number of furan rings is 1. The van der Waals surface area contributed by atoms with Crippen molar-refractivity contribution in [2.75, 3.05) is 13.2 Å². The number of hydrogen-bond acceptors (Lipinski definition) is 5. The van der Waals surface area contributed by atoms with Gasteiger partial charge in [0, 0.05) is 5.39 Å². The molecular formula is C25H22N2O4. The van der Waals surface area contributed by atoms with Crippen LogP contribution in [0.25, 0.3) is 21.7 Å². The number of fused-ring (bicyclic) bond motifs is 3. The lowest BCUT2D eigenvalue weighted by atomic mass is 10.1. The zero-order chi connectivity index (χ0) is 21.6. The topological polar surface area (TPSA) is 73.1 Å². The van der Waals surface area contributed by atoms with Crippen molar-refractivity contribution in [1.29, 1.82) is 0 Å². The number of hydrogen-bond donors (Lipinski definition) is 1. The molecule has 0 saturated carbocycles. The standard InChI is InChI=1S/C25H22N2O4/c1-3-13-30-22-11-9-17(14-23(22)29-4-2)16-26-27-25(28)24-15-20-19-8-6-5-7-18(19)10-12-21(20)31-24/h3,5-12,14-16H,1,4,13H2,2H3,(H,27,28)/b26-16+. The molecule has 1 heterocycles. The molecule has 1 amide bonds. The molecule has 0 aliphatic rings. The molecule has 6 heteroatoms. The van der Waals surface area contributed by atoms with Crippen LogP contribution in [0.3, 0.4) is 0 Å². The lowest BCUT2D eigenvalue weighted by molar-refractivity contribution is 0.0929. The zero-order valence-electron chi connectivity index (χ0n) is 17.1. The van der Waals surface area contributed by atoms with E-state index in [1.165, 1.54) is 6.21 Å². The molecule has 0 aliphatic carbocycles. The Morgan fingerprint density at radius 3 is 2.77 bits per heavy atom. The number of carbonyl (C=O) groups is 1. The summed E-state index contributed by atoms with van der Waals surface area (Å²) in [7, 11) is 0. The van der Waals surface area contributed by atoms with E-state index in [1.54, 1.807) is 24.3 Å². The second kappa shape index (κ2) is 9.17. The maximum Gasteiger partial charge on any atom is 0.307 e.